The number of nitrogens with zero attached hydrogens (tertiary/aromatic N) is 2. The molecule has 30 heavy (non-hydrogen) atoms. The lowest BCUT2D eigenvalue weighted by molar-refractivity contribution is -0.131. The third-order valence-electron chi connectivity index (χ3n) is 5.65. The van der Waals surface area contributed by atoms with Crippen LogP contribution in [-0.4, -0.2) is 54.7 Å². The molecular weight excluding hydrogens is 447 g/mol. The highest BCUT2D eigenvalue weighted by molar-refractivity contribution is 7.89. The van der Waals surface area contributed by atoms with E-state index in [4.69, 9.17) is 28.6 Å². The van der Waals surface area contributed by atoms with Crippen molar-refractivity contribution in [2.45, 2.75) is 50.5 Å². The molecule has 2 fully saturated rings. The summed E-state index contributed by atoms with van der Waals surface area (Å²) in [5.41, 5.74) is -0.786. The van der Waals surface area contributed by atoms with Gasteiger partial charge in [-0.25, -0.2) is 8.42 Å². The van der Waals surface area contributed by atoms with Gasteiger partial charge in [0, 0.05) is 19.6 Å². The highest BCUT2D eigenvalue weighted by atomic mass is 35.5. The number of amides is 1. The van der Waals surface area contributed by atoms with E-state index in [9.17, 15) is 13.2 Å². The molecule has 0 spiro atoms. The zero-order valence-corrected chi connectivity index (χ0v) is 19.7. The number of rotatable bonds is 6. The van der Waals surface area contributed by atoms with Crippen molar-refractivity contribution in [3.8, 4) is 0 Å². The number of carbonyl (C=O) groups is 1. The Bertz CT molecular complexity index is 953. The summed E-state index contributed by atoms with van der Waals surface area (Å²) in [6.45, 7) is 6.94. The molecule has 3 rings (SSSR count). The van der Waals surface area contributed by atoms with Gasteiger partial charge in [-0.1, -0.05) is 37.0 Å². The molecule has 1 amide bonds. The second kappa shape index (κ2) is 8.65. The average Bonchev–Trinajstić information content (AvgIpc) is 2.86. The molecule has 10 heteroatoms. The molecule has 0 radical (unpaired) electrons. The van der Waals surface area contributed by atoms with Gasteiger partial charge in [0.15, 0.2) is 5.96 Å². The molecule has 2 aliphatic rings. The van der Waals surface area contributed by atoms with Gasteiger partial charge in [-0.2, -0.15) is 4.31 Å². The van der Waals surface area contributed by atoms with Crippen LogP contribution in [0.25, 0.3) is 0 Å². The van der Waals surface area contributed by atoms with Crippen LogP contribution in [0.3, 0.4) is 0 Å². The second-order valence-corrected chi connectivity index (χ2v) is 11.5. The van der Waals surface area contributed by atoms with Crippen LogP contribution in [0, 0.1) is 17.2 Å². The van der Waals surface area contributed by atoms with Crippen LogP contribution < -0.4 is 5.32 Å². The monoisotopic (exact) mass is 474 g/mol. The lowest BCUT2D eigenvalue weighted by atomic mass is 9.90. The van der Waals surface area contributed by atoms with Gasteiger partial charge in [-0.05, 0) is 56.2 Å². The molecule has 2 aliphatic heterocycles. The van der Waals surface area contributed by atoms with Crippen LogP contribution in [-0.2, 0) is 14.8 Å². The van der Waals surface area contributed by atoms with E-state index in [0.717, 1.165) is 6.42 Å². The van der Waals surface area contributed by atoms with Crippen molar-refractivity contribution in [1.29, 1.82) is 5.41 Å². The molecule has 7 nitrogen and oxygen atoms in total. The van der Waals surface area contributed by atoms with Crippen molar-refractivity contribution in [1.82, 2.24) is 14.5 Å². The molecule has 1 aromatic rings. The van der Waals surface area contributed by atoms with Gasteiger partial charge in [0.05, 0.1) is 14.9 Å². The van der Waals surface area contributed by atoms with Crippen LogP contribution in [0.4, 0.5) is 0 Å². The van der Waals surface area contributed by atoms with Gasteiger partial charge in [0.1, 0.15) is 5.54 Å². The van der Waals surface area contributed by atoms with Gasteiger partial charge >= 0.3 is 0 Å². The third kappa shape index (κ3) is 4.61. The number of benzene rings is 1. The number of hydrogen-bond donors (Lipinski definition) is 2. The predicted molar refractivity (Wildman–Crippen MR) is 118 cm³/mol. The lowest BCUT2D eigenvalue weighted by Crippen LogP contribution is -2.47. The summed E-state index contributed by atoms with van der Waals surface area (Å²) in [5.74, 6) is 0.225. The minimum absolute atomic E-state index is 0.0520. The minimum Gasteiger partial charge on any atom is -0.342 e. The predicted octanol–water partition coefficient (Wildman–Crippen LogP) is 3.57. The zero-order chi connectivity index (χ0) is 22.3. The van der Waals surface area contributed by atoms with Crippen LogP contribution in [0.15, 0.2) is 23.1 Å². The SMILES string of the molecule is CC(C)CC1(C)NC(=N)N(CC2CCCN(S(=O)(=O)c3ccc(Cl)c(Cl)c3)C2)C1=O. The number of hydrogen-bond acceptors (Lipinski definition) is 4. The van der Waals surface area contributed by atoms with Crippen LogP contribution in [0.1, 0.15) is 40.0 Å². The summed E-state index contributed by atoms with van der Waals surface area (Å²) >= 11 is 11.9. The fourth-order valence-electron chi connectivity index (χ4n) is 4.35. The summed E-state index contributed by atoms with van der Waals surface area (Å²) in [7, 11) is -3.72. The maximum absolute atomic E-state index is 13.1. The molecule has 2 atom stereocenters. The van der Waals surface area contributed by atoms with Gasteiger partial charge in [0.2, 0.25) is 10.0 Å². The van der Waals surface area contributed by atoms with Crippen LogP contribution in [0.5, 0.6) is 0 Å². The van der Waals surface area contributed by atoms with Gasteiger partial charge < -0.3 is 5.32 Å². The van der Waals surface area contributed by atoms with Crippen molar-refractivity contribution >= 4 is 45.1 Å². The van der Waals surface area contributed by atoms with E-state index >= 15 is 0 Å². The maximum atomic E-state index is 13.1. The Labute approximate surface area is 188 Å². The first-order valence-corrected chi connectivity index (χ1v) is 12.3. The van der Waals surface area contributed by atoms with Gasteiger partial charge in [-0.3, -0.25) is 15.1 Å². The number of sulfonamides is 1. The lowest BCUT2D eigenvalue weighted by Gasteiger charge is -2.34. The molecule has 2 heterocycles. The molecule has 1 aromatic carbocycles. The Morgan fingerprint density at radius 3 is 2.63 bits per heavy atom. The van der Waals surface area contributed by atoms with Gasteiger partial charge in [-0.15, -0.1) is 0 Å². The molecule has 0 bridgehead atoms. The summed E-state index contributed by atoms with van der Waals surface area (Å²) in [6.07, 6.45) is 2.12. The molecule has 0 aliphatic carbocycles. The standard InChI is InChI=1S/C20H28Cl2N4O3S/c1-13(2)10-20(3)18(27)26(19(23)24-20)12-14-5-4-8-25(11-14)30(28,29)15-6-7-16(21)17(22)9-15/h6-7,9,13-14H,4-5,8,10-12H2,1-3H3,(H2,23,24). The van der Waals surface area contributed by atoms with Crippen LogP contribution >= 0.6 is 23.2 Å². The van der Waals surface area contributed by atoms with E-state index in [1.807, 2.05) is 20.8 Å². The summed E-state index contributed by atoms with van der Waals surface area (Å²) < 4.78 is 27.6. The van der Waals surface area contributed by atoms with E-state index in [0.29, 0.717) is 43.4 Å². The molecule has 2 saturated heterocycles. The fraction of sp³-hybridized carbons (Fsp3) is 0.600. The summed E-state index contributed by atoms with van der Waals surface area (Å²) in [4.78, 5) is 14.5. The van der Waals surface area contributed by atoms with Crippen molar-refractivity contribution in [3.63, 3.8) is 0 Å². The van der Waals surface area contributed by atoms with E-state index in [1.54, 1.807) is 0 Å². The first kappa shape index (κ1) is 23.3. The number of nitrogens with one attached hydrogen (secondary N) is 2. The Hall–Kier alpha value is -1.35. The maximum Gasteiger partial charge on any atom is 0.254 e. The van der Waals surface area contributed by atoms with Gasteiger partial charge in [0.25, 0.3) is 5.91 Å². The Kier molecular flexibility index (Phi) is 6.72. The first-order chi connectivity index (χ1) is 13.9. The molecule has 0 saturated carbocycles. The topological polar surface area (TPSA) is 93.6 Å². The van der Waals surface area contributed by atoms with Crippen molar-refractivity contribution in [2.24, 2.45) is 11.8 Å². The van der Waals surface area contributed by atoms with Crippen molar-refractivity contribution in [2.75, 3.05) is 19.6 Å². The van der Waals surface area contributed by atoms with Crippen molar-refractivity contribution in [3.05, 3.63) is 28.2 Å². The molecular formula is C20H28Cl2N4O3S. The largest absolute Gasteiger partial charge is 0.342 e. The molecule has 2 unspecified atom stereocenters. The fourth-order valence-corrected chi connectivity index (χ4v) is 6.29. The van der Waals surface area contributed by atoms with E-state index in [2.05, 4.69) is 5.32 Å². The molecule has 166 valence electrons. The molecule has 0 aromatic heterocycles. The minimum atomic E-state index is -3.72. The van der Waals surface area contributed by atoms with Crippen LogP contribution in [0.2, 0.25) is 10.0 Å². The zero-order valence-electron chi connectivity index (χ0n) is 17.4. The smallest absolute Gasteiger partial charge is 0.254 e. The normalized spacial score (nSPS) is 25.8. The number of carbonyl (C=O) groups excluding carboxylic acids is 1. The Morgan fingerprint density at radius 1 is 1.30 bits per heavy atom. The third-order valence-corrected chi connectivity index (χ3v) is 8.25. The Balaban J connectivity index is 1.73. The van der Waals surface area contributed by atoms with E-state index in [-0.39, 0.29) is 27.7 Å². The summed E-state index contributed by atoms with van der Waals surface area (Å²) in [5, 5.41) is 11.8. The average molecular weight is 475 g/mol. The highest BCUT2D eigenvalue weighted by Gasteiger charge is 2.47. The Morgan fingerprint density at radius 2 is 2.00 bits per heavy atom. The second-order valence-electron chi connectivity index (χ2n) is 8.77. The number of halogens is 2. The quantitative estimate of drug-likeness (QED) is 0.658. The number of piperidine rings is 1. The first-order valence-electron chi connectivity index (χ1n) is 10.1. The van der Waals surface area contributed by atoms with Crippen molar-refractivity contribution < 1.29 is 13.2 Å². The van der Waals surface area contributed by atoms with E-state index < -0.39 is 15.6 Å². The van der Waals surface area contributed by atoms with E-state index in [1.165, 1.54) is 27.4 Å². The summed E-state index contributed by atoms with van der Waals surface area (Å²) in [6, 6.07) is 4.29. The highest BCUT2D eigenvalue weighted by Crippen LogP contribution is 2.30. The number of guanidine groups is 1. The molecule has 2 N–H and O–H groups in total.